The predicted octanol–water partition coefficient (Wildman–Crippen LogP) is 5.71. The van der Waals surface area contributed by atoms with Crippen LogP contribution < -0.4 is 20.1 Å². The number of methoxy groups -OCH3 is 1. The summed E-state index contributed by atoms with van der Waals surface area (Å²) in [5.41, 5.74) is 1.62. The van der Waals surface area contributed by atoms with Crippen LogP contribution in [0.25, 0.3) is 0 Å². The van der Waals surface area contributed by atoms with Crippen LogP contribution in [-0.2, 0) is 11.2 Å². The number of hydrogen-bond donors (Lipinski definition) is 3. The molecule has 4 rings (SSSR count). The molecule has 1 saturated heterocycles. The van der Waals surface area contributed by atoms with Crippen molar-refractivity contribution in [1.29, 1.82) is 0 Å². The third-order valence-corrected chi connectivity index (χ3v) is 7.05. The van der Waals surface area contributed by atoms with E-state index >= 15 is 4.39 Å². The van der Waals surface area contributed by atoms with Crippen LogP contribution in [0.2, 0.25) is 0 Å². The van der Waals surface area contributed by atoms with Crippen LogP contribution in [0.4, 0.5) is 20.6 Å². The molecule has 0 bridgehead atoms. The summed E-state index contributed by atoms with van der Waals surface area (Å²) in [6.07, 6.45) is 0.349. The second-order valence-electron chi connectivity index (χ2n) is 8.92. The van der Waals surface area contributed by atoms with Crippen LogP contribution in [0, 0.1) is 0 Å². The van der Waals surface area contributed by atoms with Crippen molar-refractivity contribution >= 4 is 45.1 Å². The lowest BCUT2D eigenvalue weighted by Crippen LogP contribution is -2.49. The number of ether oxygens (including phenoxy) is 2. The van der Waals surface area contributed by atoms with Crippen LogP contribution in [-0.4, -0.2) is 54.0 Å². The third kappa shape index (κ3) is 6.73. The van der Waals surface area contributed by atoms with E-state index in [9.17, 15) is 14.4 Å². The number of ketones is 1. The first-order valence-electron chi connectivity index (χ1n) is 12.1. The SMILES string of the molecule is COc1cc(CC(=O)[C@@]2(F)CCCN2COc2ccc(C(=O)O)cc2)ccc1NC(=O)Nc1ccccc1Br. The minimum absolute atomic E-state index is 0.0408. The average molecular weight is 600 g/mol. The Morgan fingerprint density at radius 2 is 1.77 bits per heavy atom. The number of rotatable bonds is 10. The molecule has 0 unspecified atom stereocenters. The summed E-state index contributed by atoms with van der Waals surface area (Å²) in [5.74, 6) is -3.17. The summed E-state index contributed by atoms with van der Waals surface area (Å²) in [6.45, 7) is 0.182. The highest BCUT2D eigenvalue weighted by atomic mass is 79.9. The minimum Gasteiger partial charge on any atom is -0.495 e. The molecule has 9 nitrogen and oxygen atoms in total. The molecule has 0 aromatic heterocycles. The fourth-order valence-corrected chi connectivity index (χ4v) is 4.66. The number of carboxylic acids is 1. The number of alkyl halides is 1. The maximum atomic E-state index is 15.9. The van der Waals surface area contributed by atoms with Gasteiger partial charge in [0.1, 0.15) is 18.2 Å². The van der Waals surface area contributed by atoms with Crippen molar-refractivity contribution in [3.05, 3.63) is 82.3 Å². The molecule has 3 aromatic rings. The van der Waals surface area contributed by atoms with Crippen LogP contribution in [0.15, 0.2) is 71.2 Å². The summed E-state index contributed by atoms with van der Waals surface area (Å²) in [6, 6.07) is 17.3. The zero-order valence-electron chi connectivity index (χ0n) is 21.1. The van der Waals surface area contributed by atoms with Gasteiger partial charge in [0.15, 0.2) is 5.78 Å². The van der Waals surface area contributed by atoms with Gasteiger partial charge in [0, 0.05) is 23.9 Å². The topological polar surface area (TPSA) is 117 Å². The molecule has 1 atom stereocenters. The van der Waals surface area contributed by atoms with Gasteiger partial charge in [-0.05, 0) is 76.4 Å². The van der Waals surface area contributed by atoms with Gasteiger partial charge < -0.3 is 25.2 Å². The highest BCUT2D eigenvalue weighted by molar-refractivity contribution is 9.10. The normalized spacial score (nSPS) is 16.9. The van der Waals surface area contributed by atoms with Gasteiger partial charge in [-0.1, -0.05) is 18.2 Å². The zero-order valence-corrected chi connectivity index (χ0v) is 22.7. The number of para-hydroxylation sites is 1. The second-order valence-corrected chi connectivity index (χ2v) is 9.78. The molecule has 3 aromatic carbocycles. The second kappa shape index (κ2) is 12.3. The molecule has 0 aliphatic carbocycles. The standard InChI is InChI=1S/C28H27BrFN3O6/c1-38-24-15-18(7-12-23(24)32-27(37)31-22-6-3-2-5-21(22)29)16-25(34)28(30)13-4-14-33(28)17-39-20-10-8-19(9-11-20)26(35)36/h2-3,5-12,15H,4,13-14,16-17H2,1H3,(H,35,36)(H2,31,32,37)/t28-/m1/s1. The van der Waals surface area contributed by atoms with E-state index in [0.29, 0.717) is 41.4 Å². The van der Waals surface area contributed by atoms with Gasteiger partial charge in [0.2, 0.25) is 5.79 Å². The quantitative estimate of drug-likeness (QED) is 0.255. The van der Waals surface area contributed by atoms with Crippen molar-refractivity contribution in [3.63, 3.8) is 0 Å². The molecule has 39 heavy (non-hydrogen) atoms. The largest absolute Gasteiger partial charge is 0.495 e. The van der Waals surface area contributed by atoms with Gasteiger partial charge in [-0.25, -0.2) is 18.9 Å². The predicted molar refractivity (Wildman–Crippen MR) is 147 cm³/mol. The Morgan fingerprint density at radius 1 is 1.05 bits per heavy atom. The fourth-order valence-electron chi connectivity index (χ4n) is 4.28. The van der Waals surface area contributed by atoms with Gasteiger partial charge in [0.05, 0.1) is 24.0 Å². The van der Waals surface area contributed by atoms with Gasteiger partial charge >= 0.3 is 12.0 Å². The molecular weight excluding hydrogens is 573 g/mol. The van der Waals surface area contributed by atoms with Crippen molar-refractivity contribution in [2.45, 2.75) is 25.1 Å². The Labute approximate surface area is 233 Å². The van der Waals surface area contributed by atoms with Crippen LogP contribution >= 0.6 is 15.9 Å². The molecular formula is C28H27BrFN3O6. The number of hydrogen-bond acceptors (Lipinski definition) is 6. The summed E-state index contributed by atoms with van der Waals surface area (Å²) in [5, 5.41) is 14.5. The number of aromatic carboxylic acids is 1. The highest BCUT2D eigenvalue weighted by Gasteiger charge is 2.47. The number of carbonyl (C=O) groups is 3. The average Bonchev–Trinajstić information content (AvgIpc) is 3.31. The summed E-state index contributed by atoms with van der Waals surface area (Å²) in [4.78, 5) is 37.9. The van der Waals surface area contributed by atoms with Crippen molar-refractivity contribution in [1.82, 2.24) is 4.90 Å². The first kappa shape index (κ1) is 28.1. The molecule has 204 valence electrons. The number of anilines is 2. The lowest BCUT2D eigenvalue weighted by molar-refractivity contribution is -0.144. The molecule has 1 heterocycles. The van der Waals surface area contributed by atoms with Gasteiger partial charge in [-0.15, -0.1) is 0 Å². The molecule has 0 saturated carbocycles. The monoisotopic (exact) mass is 599 g/mol. The van der Waals surface area contributed by atoms with Crippen molar-refractivity contribution in [2.75, 3.05) is 31.0 Å². The maximum absolute atomic E-state index is 15.9. The fraction of sp³-hybridized carbons (Fsp3) is 0.250. The number of urea groups is 1. The molecule has 1 aliphatic rings. The first-order valence-corrected chi connectivity index (χ1v) is 12.9. The molecule has 2 amide bonds. The Bertz CT molecular complexity index is 1370. The number of carboxylic acid groups (broad SMARTS) is 1. The van der Waals surface area contributed by atoms with Crippen LogP contribution in [0.3, 0.4) is 0 Å². The van der Waals surface area contributed by atoms with E-state index in [2.05, 4.69) is 26.6 Å². The zero-order chi connectivity index (χ0) is 28.0. The van der Waals surface area contributed by atoms with Crippen LogP contribution in [0.1, 0.15) is 28.8 Å². The highest BCUT2D eigenvalue weighted by Crippen LogP contribution is 2.34. The van der Waals surface area contributed by atoms with E-state index in [1.165, 1.54) is 36.3 Å². The van der Waals surface area contributed by atoms with Gasteiger partial charge in [0.25, 0.3) is 0 Å². The lowest BCUT2D eigenvalue weighted by atomic mass is 9.99. The molecule has 3 N–H and O–H groups in total. The van der Waals surface area contributed by atoms with E-state index < -0.39 is 23.6 Å². The summed E-state index contributed by atoms with van der Waals surface area (Å²) >= 11 is 3.38. The maximum Gasteiger partial charge on any atom is 0.335 e. The number of nitrogens with zero attached hydrogens (tertiary/aromatic N) is 1. The summed E-state index contributed by atoms with van der Waals surface area (Å²) in [7, 11) is 1.44. The van der Waals surface area contributed by atoms with Crippen molar-refractivity contribution in [2.24, 2.45) is 0 Å². The number of likely N-dealkylation sites (tertiary alicyclic amines) is 1. The molecule has 0 radical (unpaired) electrons. The third-order valence-electron chi connectivity index (χ3n) is 6.35. The van der Waals surface area contributed by atoms with E-state index in [-0.39, 0.29) is 25.1 Å². The number of carbonyl (C=O) groups excluding carboxylic acids is 2. The number of benzene rings is 3. The van der Waals surface area contributed by atoms with Crippen molar-refractivity contribution in [3.8, 4) is 11.5 Å². The van der Waals surface area contributed by atoms with Gasteiger partial charge in [-0.3, -0.25) is 4.79 Å². The number of halogens is 2. The van der Waals surface area contributed by atoms with E-state index in [4.69, 9.17) is 14.6 Å². The Morgan fingerprint density at radius 3 is 2.46 bits per heavy atom. The summed E-state index contributed by atoms with van der Waals surface area (Å²) < 4.78 is 27.7. The lowest BCUT2D eigenvalue weighted by Gasteiger charge is -2.29. The first-order chi connectivity index (χ1) is 18.7. The molecule has 0 spiro atoms. The minimum atomic E-state index is -2.20. The number of amides is 2. The van der Waals surface area contributed by atoms with Crippen molar-refractivity contribution < 1.29 is 33.4 Å². The molecule has 1 aliphatic heterocycles. The Hall–Kier alpha value is -3.96. The Balaban J connectivity index is 1.38. The smallest absolute Gasteiger partial charge is 0.335 e. The molecule has 11 heteroatoms. The molecule has 1 fully saturated rings. The number of Topliss-reactive ketones (excluding diaryl/α,β-unsaturated/α-hetero) is 1. The van der Waals surface area contributed by atoms with Gasteiger partial charge in [-0.2, -0.15) is 0 Å². The van der Waals surface area contributed by atoms with Crippen LogP contribution in [0.5, 0.6) is 11.5 Å². The number of nitrogens with one attached hydrogen (secondary N) is 2. The Kier molecular flexibility index (Phi) is 8.82. The van der Waals surface area contributed by atoms with E-state index in [1.54, 1.807) is 36.4 Å². The van der Waals surface area contributed by atoms with E-state index in [1.807, 2.05) is 6.07 Å². The van der Waals surface area contributed by atoms with E-state index in [0.717, 1.165) is 4.47 Å².